The van der Waals surface area contributed by atoms with Crippen LogP contribution in [0.2, 0.25) is 0 Å². The van der Waals surface area contributed by atoms with Crippen molar-refractivity contribution >= 4 is 140 Å². The van der Waals surface area contributed by atoms with E-state index in [-0.39, 0.29) is 22.3 Å². The Labute approximate surface area is 668 Å². The highest BCUT2D eigenvalue weighted by Gasteiger charge is 2.21. The molecule has 24 heteroatoms. The predicted octanol–water partition coefficient (Wildman–Crippen LogP) is 23.0. The summed E-state index contributed by atoms with van der Waals surface area (Å²) in [5, 5.41) is 49.6. The lowest BCUT2D eigenvalue weighted by molar-refractivity contribution is 0.0686. The van der Waals surface area contributed by atoms with Crippen LogP contribution in [-0.2, 0) is 38.5 Å². The van der Waals surface area contributed by atoms with E-state index < -0.39 is 23.9 Å². The smallest absolute Gasteiger partial charge is 0.335 e. The Morgan fingerprint density at radius 1 is 0.330 bits per heavy atom. The van der Waals surface area contributed by atoms with Gasteiger partial charge in [-0.2, -0.15) is 0 Å². The number of anilines is 8. The molecular formula is C88H88N12O8S4. The Morgan fingerprint density at radius 3 is 0.848 bits per heavy atom. The van der Waals surface area contributed by atoms with E-state index in [0.717, 1.165) is 150 Å². The van der Waals surface area contributed by atoms with Gasteiger partial charge in [-0.05, 0) is 250 Å². The summed E-state index contributed by atoms with van der Waals surface area (Å²) in [5.74, 6) is 1.91. The lowest BCUT2D eigenvalue weighted by Crippen LogP contribution is -2.07. The number of aryl methyl sites for hydroxylation is 4. The summed E-state index contributed by atoms with van der Waals surface area (Å²) in [7, 11) is 0. The van der Waals surface area contributed by atoms with Crippen LogP contribution in [0.3, 0.4) is 0 Å². The number of carboxylic acids is 4. The van der Waals surface area contributed by atoms with E-state index in [1.165, 1.54) is 0 Å². The number of thiophene rings is 4. The molecule has 112 heavy (non-hydrogen) atoms. The minimum absolute atomic E-state index is 0.242. The highest BCUT2D eigenvalue weighted by molar-refractivity contribution is 7.17. The van der Waals surface area contributed by atoms with E-state index in [2.05, 4.69) is 115 Å². The summed E-state index contributed by atoms with van der Waals surface area (Å²) < 4.78 is 0. The van der Waals surface area contributed by atoms with Crippen molar-refractivity contribution in [2.45, 2.75) is 108 Å². The molecule has 12 aromatic rings. The van der Waals surface area contributed by atoms with E-state index in [9.17, 15) is 19.2 Å². The third kappa shape index (κ3) is 22.4. The third-order valence-corrected chi connectivity index (χ3v) is 21.2. The first-order chi connectivity index (χ1) is 54.1. The van der Waals surface area contributed by atoms with Crippen LogP contribution in [0.1, 0.15) is 161 Å². The van der Waals surface area contributed by atoms with E-state index in [1.54, 1.807) is 142 Å². The Balaban J connectivity index is 0.000000171. The Bertz CT molecular complexity index is 5430. The van der Waals surface area contributed by atoms with E-state index in [1.807, 2.05) is 108 Å². The molecule has 0 unspecified atom stereocenters. The van der Waals surface area contributed by atoms with Gasteiger partial charge in [0.05, 0.1) is 41.8 Å². The van der Waals surface area contributed by atoms with Crippen LogP contribution >= 0.6 is 45.3 Å². The number of benzene rings is 4. The minimum atomic E-state index is -0.950. The number of nitrogens with one attached hydrogen (secondary N) is 4. The number of aromatic nitrogens is 8. The van der Waals surface area contributed by atoms with Crippen LogP contribution in [0.15, 0.2) is 195 Å². The molecule has 8 heterocycles. The van der Waals surface area contributed by atoms with Gasteiger partial charge in [-0.1, -0.05) is 64.2 Å². The monoisotopic (exact) mass is 1570 g/mol. The first-order valence-corrected chi connectivity index (χ1v) is 39.5. The zero-order chi connectivity index (χ0) is 80.4. The molecule has 0 aliphatic rings. The predicted molar refractivity (Wildman–Crippen MR) is 462 cm³/mol. The average Bonchev–Trinajstić information content (AvgIpc) is 1.43. The highest BCUT2D eigenvalue weighted by Crippen LogP contribution is 2.36. The van der Waals surface area contributed by atoms with Gasteiger partial charge in [0.1, 0.15) is 23.3 Å². The van der Waals surface area contributed by atoms with Crippen LogP contribution < -0.4 is 21.3 Å². The van der Waals surface area contributed by atoms with Crippen molar-refractivity contribution in [1.82, 2.24) is 39.9 Å². The number of nitrogens with zero attached hydrogens (tertiary/aromatic N) is 8. The van der Waals surface area contributed by atoms with Gasteiger partial charge >= 0.3 is 23.9 Å². The van der Waals surface area contributed by atoms with Crippen LogP contribution in [0.5, 0.6) is 0 Å². The maximum absolute atomic E-state index is 11.1. The van der Waals surface area contributed by atoms with Gasteiger partial charge < -0.3 is 41.7 Å². The topological polar surface area (TPSA) is 300 Å². The molecule has 0 saturated heterocycles. The van der Waals surface area contributed by atoms with Gasteiger partial charge in [0.2, 0.25) is 0 Å². The standard InChI is InChI=1S/C23H23N3O2S.C22H21N3O2S.C22H23N3O2S.C21H21N3O2S/c1-4-7-17-13-14-20(29-17)22-25-19(6-3)18(8-5-2)21(26-22)24-16-11-9-15(10-12-16)23(27)28;1-4-6-17-12-13-19(28-17)21-23-14(3)18(7-5-2)20(25-21)24-16-10-8-15(9-11-16)22(26)27;1-4-7-16-12-13-19(28-16)21-24-18(6-3)17(5-2)20(25-21)23-15-10-8-14(9-11-15)22(26)27;1-4-6-16-11-12-18(27-16)20-22-13(3)17(5-2)19(24-20)23-15-9-7-14(8-10-15)21(25)26/h4-5,7,9-14H,2,6,8H2,1,3H3,(H,27,28)(H,24,25,26);4-6,8-13H,2,7H2,1,3H3,(H,26,27)(H,23,24,25);4,7-13H,5-6H2,1-3H3,(H,26,27)(H,23,24,25);4,6-12H,5H2,1-3H3,(H,25,26)(H,22,23,24)/b7-4-;6-4-;7-4-;6-4-. The quantitative estimate of drug-likeness (QED) is 0.0211. The first kappa shape index (κ1) is 83.6. The molecule has 0 bridgehead atoms. The van der Waals surface area contributed by atoms with Crippen molar-refractivity contribution in [2.24, 2.45) is 0 Å². The zero-order valence-corrected chi connectivity index (χ0v) is 67.2. The molecular weight excluding hydrogens is 1480 g/mol. The fourth-order valence-electron chi connectivity index (χ4n) is 11.5. The molecule has 0 atom stereocenters. The van der Waals surface area contributed by atoms with E-state index >= 15 is 0 Å². The summed E-state index contributed by atoms with van der Waals surface area (Å²) in [6.45, 7) is 27.9. The molecule has 0 amide bonds. The molecule has 0 aliphatic heterocycles. The van der Waals surface area contributed by atoms with Crippen LogP contribution in [0.25, 0.3) is 67.1 Å². The molecule has 0 saturated carbocycles. The van der Waals surface area contributed by atoms with Crippen molar-refractivity contribution in [1.29, 1.82) is 0 Å². The lowest BCUT2D eigenvalue weighted by Gasteiger charge is -2.15. The lowest BCUT2D eigenvalue weighted by atomic mass is 10.1. The summed E-state index contributed by atoms with van der Waals surface area (Å²) in [5.41, 5.74) is 12.0. The number of aromatic carboxylic acids is 4. The second-order valence-electron chi connectivity index (χ2n) is 24.8. The summed E-state index contributed by atoms with van der Waals surface area (Å²) >= 11 is 6.58. The Hall–Kier alpha value is -12.5. The molecule has 20 nitrogen and oxygen atoms in total. The molecule has 0 radical (unpaired) electrons. The second-order valence-corrected chi connectivity index (χ2v) is 29.3. The maximum Gasteiger partial charge on any atom is 0.335 e. The molecule has 0 aliphatic carbocycles. The van der Waals surface area contributed by atoms with Crippen LogP contribution in [0.4, 0.5) is 46.0 Å². The summed E-state index contributed by atoms with van der Waals surface area (Å²) in [6, 6.07) is 42.9. The van der Waals surface area contributed by atoms with Gasteiger partial charge in [0, 0.05) is 87.3 Å². The molecule has 12 rings (SSSR count). The largest absolute Gasteiger partial charge is 0.478 e. The van der Waals surface area contributed by atoms with Crippen LogP contribution in [0, 0.1) is 13.8 Å². The Morgan fingerprint density at radius 2 is 0.580 bits per heavy atom. The number of rotatable bonds is 28. The highest BCUT2D eigenvalue weighted by atomic mass is 32.1. The van der Waals surface area contributed by atoms with Gasteiger partial charge in [-0.3, -0.25) is 0 Å². The fraction of sp³-hybridized carbons (Fsp3) is 0.182. The average molecular weight is 1570 g/mol. The minimum Gasteiger partial charge on any atom is -0.478 e. The SMILES string of the molecule is C/C=C\c1ccc(-c2nc(C)c(CC)c(Nc3ccc(C(=O)O)cc3)n2)s1.C/C=C\c1ccc(-c2nc(CC)c(CC)c(Nc3ccc(C(=O)O)cc3)n2)s1.C=CCc1c(C)nc(-c2ccc(/C=C\C)s2)nc1Nc1ccc(C(=O)O)cc1.C=CCc1c(CC)nc(-c2ccc(/C=C\C)s2)nc1Nc1ccc(C(=O)O)cc1. The fourth-order valence-corrected chi connectivity index (χ4v) is 15.1. The number of carbonyl (C=O) groups is 4. The summed E-state index contributed by atoms with van der Waals surface area (Å²) in [6.07, 6.45) is 24.4. The molecule has 8 N–H and O–H groups in total. The molecule has 8 aromatic heterocycles. The number of carboxylic acid groups (broad SMARTS) is 4. The van der Waals surface area contributed by atoms with Crippen molar-refractivity contribution in [3.05, 3.63) is 282 Å². The van der Waals surface area contributed by atoms with Crippen molar-refractivity contribution in [3.63, 3.8) is 0 Å². The molecule has 0 fully saturated rings. The van der Waals surface area contributed by atoms with Gasteiger partial charge in [-0.25, -0.2) is 59.0 Å². The maximum atomic E-state index is 11.1. The van der Waals surface area contributed by atoms with Crippen molar-refractivity contribution in [3.8, 4) is 42.8 Å². The molecule has 572 valence electrons. The molecule has 4 aromatic carbocycles. The first-order valence-electron chi connectivity index (χ1n) is 36.2. The van der Waals surface area contributed by atoms with Crippen molar-refractivity contribution < 1.29 is 39.6 Å². The van der Waals surface area contributed by atoms with E-state index in [0.29, 0.717) is 42.0 Å². The second kappa shape index (κ2) is 40.8. The Kier molecular flexibility index (Phi) is 30.4. The van der Waals surface area contributed by atoms with E-state index in [4.69, 9.17) is 50.3 Å². The van der Waals surface area contributed by atoms with Crippen LogP contribution in [-0.4, -0.2) is 84.2 Å². The zero-order valence-electron chi connectivity index (χ0n) is 63.9. The van der Waals surface area contributed by atoms with Gasteiger partial charge in [0.15, 0.2) is 23.3 Å². The summed E-state index contributed by atoms with van der Waals surface area (Å²) in [4.78, 5) is 90.9. The number of hydrogen-bond acceptors (Lipinski definition) is 20. The normalized spacial score (nSPS) is 11.0. The van der Waals surface area contributed by atoms with Gasteiger partial charge in [0.25, 0.3) is 0 Å². The van der Waals surface area contributed by atoms with Gasteiger partial charge in [-0.15, -0.1) is 58.5 Å². The third-order valence-electron chi connectivity index (χ3n) is 17.0. The molecule has 0 spiro atoms. The van der Waals surface area contributed by atoms with Crippen molar-refractivity contribution in [2.75, 3.05) is 21.3 Å². The number of hydrogen-bond donors (Lipinski definition) is 8. The number of allylic oxidation sites excluding steroid dienone is 6.